The number of furan rings is 2. The van der Waals surface area contributed by atoms with Crippen LogP contribution in [-0.2, 0) is 0 Å². The van der Waals surface area contributed by atoms with Gasteiger partial charge in [-0.25, -0.2) is 4.99 Å². The van der Waals surface area contributed by atoms with Crippen molar-refractivity contribution in [1.29, 1.82) is 0 Å². The molecule has 3 aromatic heterocycles. The van der Waals surface area contributed by atoms with E-state index in [9.17, 15) is 0 Å². The van der Waals surface area contributed by atoms with Gasteiger partial charge >= 0.3 is 0 Å². The highest BCUT2D eigenvalue weighted by Gasteiger charge is 2.29. The molecule has 0 radical (unpaired) electrons. The van der Waals surface area contributed by atoms with E-state index in [2.05, 4.69) is 138 Å². The number of nitrogens with zero attached hydrogens (tertiary/aromatic N) is 1. The zero-order chi connectivity index (χ0) is 33.5. The van der Waals surface area contributed by atoms with Crippen LogP contribution in [0, 0.1) is 0 Å². The predicted octanol–water partition coefficient (Wildman–Crippen LogP) is 11.9. The van der Waals surface area contributed by atoms with Gasteiger partial charge in [-0.1, -0.05) is 121 Å². The van der Waals surface area contributed by atoms with Crippen molar-refractivity contribution in [1.82, 2.24) is 10.6 Å². The second-order valence-corrected chi connectivity index (χ2v) is 14.2. The molecule has 2 atom stereocenters. The molecule has 2 N–H and O–H groups in total. The maximum atomic E-state index is 6.83. The third-order valence-electron chi connectivity index (χ3n) is 10.2. The number of nitrogens with one attached hydrogen (secondary N) is 2. The van der Waals surface area contributed by atoms with Gasteiger partial charge in [0.1, 0.15) is 40.5 Å². The number of aliphatic imine (C=N–C) groups is 1. The Morgan fingerprint density at radius 2 is 1.22 bits per heavy atom. The standard InChI is InChI=1S/C45H29N3O2S/c1-2-11-26(12-3-1)43-46-44(35-19-9-16-32-29-13-4-6-21-37(29)49-40(32)35)48-45(47-43)36-20-10-17-33-30-24-23-27(25-38(30)50-41(33)36)28-15-8-18-34-31-14-5-7-22-39(31)51-42(28)34/h1-25,43,45,47H,(H,46,48). The molecule has 0 fully saturated rings. The largest absolute Gasteiger partial charge is 0.456 e. The van der Waals surface area contributed by atoms with Crippen LogP contribution in [0.2, 0.25) is 0 Å². The molecule has 242 valence electrons. The Hall–Kier alpha value is -6.21. The molecule has 2 unspecified atom stereocenters. The first kappa shape index (κ1) is 28.6. The van der Waals surface area contributed by atoms with Crippen LogP contribution in [0.4, 0.5) is 0 Å². The van der Waals surface area contributed by atoms with E-state index in [1.54, 1.807) is 0 Å². The van der Waals surface area contributed by atoms with E-state index in [1.807, 2.05) is 35.6 Å². The maximum absolute atomic E-state index is 6.83. The molecule has 1 aliphatic rings. The van der Waals surface area contributed by atoms with E-state index in [4.69, 9.17) is 13.8 Å². The van der Waals surface area contributed by atoms with Crippen molar-refractivity contribution >= 4 is 81.2 Å². The van der Waals surface area contributed by atoms with Gasteiger partial charge in [-0.15, -0.1) is 11.3 Å². The summed E-state index contributed by atoms with van der Waals surface area (Å²) >= 11 is 1.85. The van der Waals surface area contributed by atoms with Gasteiger partial charge in [0.2, 0.25) is 0 Å². The molecule has 0 saturated heterocycles. The van der Waals surface area contributed by atoms with Crippen LogP contribution in [0.1, 0.15) is 29.0 Å². The summed E-state index contributed by atoms with van der Waals surface area (Å²) in [4.78, 5) is 5.23. The van der Waals surface area contributed by atoms with Crippen molar-refractivity contribution in [2.75, 3.05) is 0 Å². The Labute approximate surface area is 296 Å². The lowest BCUT2D eigenvalue weighted by molar-refractivity contribution is 0.408. The summed E-state index contributed by atoms with van der Waals surface area (Å²) in [6, 6.07) is 53.1. The van der Waals surface area contributed by atoms with Gasteiger partial charge in [-0.05, 0) is 47.0 Å². The van der Waals surface area contributed by atoms with Crippen molar-refractivity contribution < 1.29 is 8.83 Å². The molecule has 10 aromatic rings. The zero-order valence-corrected chi connectivity index (χ0v) is 28.1. The van der Waals surface area contributed by atoms with E-state index in [1.165, 1.54) is 25.7 Å². The SMILES string of the molecule is c1ccc(C2N=C(c3cccc4c3oc3ccccc34)NC(c3cccc4c3oc3cc(-c5cccc6c5sc5ccccc56)ccc34)N2)cc1. The van der Waals surface area contributed by atoms with Gasteiger partial charge in [-0.2, -0.15) is 0 Å². The molecule has 0 saturated carbocycles. The molecule has 51 heavy (non-hydrogen) atoms. The summed E-state index contributed by atoms with van der Waals surface area (Å²) < 4.78 is 15.9. The lowest BCUT2D eigenvalue weighted by Gasteiger charge is -2.32. The number of para-hydroxylation sites is 3. The van der Waals surface area contributed by atoms with Crippen LogP contribution >= 0.6 is 11.3 Å². The highest BCUT2D eigenvalue weighted by Crippen LogP contribution is 2.42. The summed E-state index contributed by atoms with van der Waals surface area (Å²) in [7, 11) is 0. The summed E-state index contributed by atoms with van der Waals surface area (Å²) in [5.74, 6) is 0.768. The Balaban J connectivity index is 1.04. The monoisotopic (exact) mass is 675 g/mol. The Bertz CT molecular complexity index is 3010. The zero-order valence-electron chi connectivity index (χ0n) is 27.3. The minimum atomic E-state index is -0.293. The number of amidine groups is 1. The lowest BCUT2D eigenvalue weighted by atomic mass is 10.0. The second kappa shape index (κ2) is 11.2. The van der Waals surface area contributed by atoms with Crippen molar-refractivity contribution in [3.05, 3.63) is 168 Å². The molecule has 5 nitrogen and oxygen atoms in total. The molecule has 11 rings (SSSR count). The fourth-order valence-corrected chi connectivity index (χ4v) is 9.02. The minimum absolute atomic E-state index is 0.292. The Kier molecular flexibility index (Phi) is 6.26. The number of rotatable bonds is 4. The molecule has 7 aromatic carbocycles. The molecule has 1 aliphatic heterocycles. The van der Waals surface area contributed by atoms with E-state index in [0.29, 0.717) is 0 Å². The normalized spacial score (nSPS) is 16.4. The smallest absolute Gasteiger partial charge is 0.146 e. The van der Waals surface area contributed by atoms with Crippen LogP contribution < -0.4 is 10.6 Å². The number of benzene rings is 7. The fourth-order valence-electron chi connectivity index (χ4n) is 7.78. The average Bonchev–Trinajstić information content (AvgIpc) is 3.89. The summed E-state index contributed by atoms with van der Waals surface area (Å²) in [6.07, 6.45) is -0.585. The van der Waals surface area contributed by atoms with Gasteiger partial charge in [0.25, 0.3) is 0 Å². The molecule has 0 aliphatic carbocycles. The molecule has 0 bridgehead atoms. The van der Waals surface area contributed by atoms with E-state index in [-0.39, 0.29) is 12.3 Å². The van der Waals surface area contributed by atoms with Crippen LogP contribution in [0.25, 0.3) is 75.2 Å². The van der Waals surface area contributed by atoms with Crippen molar-refractivity contribution in [2.24, 2.45) is 4.99 Å². The molecular weight excluding hydrogens is 647 g/mol. The van der Waals surface area contributed by atoms with E-state index >= 15 is 0 Å². The summed E-state index contributed by atoms with van der Waals surface area (Å²) in [5, 5.41) is 14.5. The third kappa shape index (κ3) is 4.47. The van der Waals surface area contributed by atoms with E-state index in [0.717, 1.165) is 72.0 Å². The molecule has 6 heteroatoms. The van der Waals surface area contributed by atoms with Crippen molar-refractivity contribution in [2.45, 2.75) is 12.3 Å². The first-order valence-corrected chi connectivity index (χ1v) is 18.0. The quantitative estimate of drug-likeness (QED) is 0.195. The highest BCUT2D eigenvalue weighted by molar-refractivity contribution is 7.26. The van der Waals surface area contributed by atoms with Gasteiger partial charge in [0.05, 0.1) is 5.56 Å². The molecular formula is C45H29N3O2S. The Morgan fingerprint density at radius 1 is 0.529 bits per heavy atom. The predicted molar refractivity (Wildman–Crippen MR) is 210 cm³/mol. The second-order valence-electron chi connectivity index (χ2n) is 13.1. The summed E-state index contributed by atoms with van der Waals surface area (Å²) in [6.45, 7) is 0. The summed E-state index contributed by atoms with van der Waals surface area (Å²) in [5.41, 5.74) is 8.78. The maximum Gasteiger partial charge on any atom is 0.146 e. The van der Waals surface area contributed by atoms with Crippen LogP contribution in [0.15, 0.2) is 165 Å². The molecule has 0 amide bonds. The molecule has 4 heterocycles. The topological polar surface area (TPSA) is 62.7 Å². The first-order valence-electron chi connectivity index (χ1n) is 17.2. The van der Waals surface area contributed by atoms with Crippen molar-refractivity contribution in [3.8, 4) is 11.1 Å². The average molecular weight is 676 g/mol. The fraction of sp³-hybridized carbons (Fsp3) is 0.0444. The van der Waals surface area contributed by atoms with Gasteiger partial charge < -0.3 is 14.2 Å². The van der Waals surface area contributed by atoms with Crippen LogP contribution in [0.5, 0.6) is 0 Å². The number of fused-ring (bicyclic) bond motifs is 9. The highest BCUT2D eigenvalue weighted by atomic mass is 32.1. The van der Waals surface area contributed by atoms with E-state index < -0.39 is 0 Å². The number of hydrogen-bond donors (Lipinski definition) is 2. The van der Waals surface area contributed by atoms with Gasteiger partial charge in [-0.3, -0.25) is 5.32 Å². The molecule has 0 spiro atoms. The lowest BCUT2D eigenvalue weighted by Crippen LogP contribution is -2.45. The third-order valence-corrected chi connectivity index (χ3v) is 11.4. The Morgan fingerprint density at radius 3 is 2.12 bits per heavy atom. The van der Waals surface area contributed by atoms with Crippen LogP contribution in [-0.4, -0.2) is 5.84 Å². The minimum Gasteiger partial charge on any atom is -0.456 e. The first-order chi connectivity index (χ1) is 25.3. The number of hydrogen-bond acceptors (Lipinski definition) is 6. The van der Waals surface area contributed by atoms with Crippen molar-refractivity contribution in [3.63, 3.8) is 0 Å². The van der Waals surface area contributed by atoms with Crippen LogP contribution in [0.3, 0.4) is 0 Å². The number of thiophene rings is 1. The van der Waals surface area contributed by atoms with Gasteiger partial charge in [0.15, 0.2) is 0 Å². The van der Waals surface area contributed by atoms with Gasteiger partial charge in [0, 0.05) is 47.3 Å².